The zero-order chi connectivity index (χ0) is 41.7. The summed E-state index contributed by atoms with van der Waals surface area (Å²) in [6.45, 7) is 9.04. The Morgan fingerprint density at radius 3 is 2.18 bits per heavy atom. The van der Waals surface area contributed by atoms with Crippen LogP contribution in [0.1, 0.15) is 75.5 Å². The molecule has 15 heteroatoms. The van der Waals surface area contributed by atoms with Gasteiger partial charge in [-0.25, -0.2) is 23.7 Å². The van der Waals surface area contributed by atoms with Crippen molar-refractivity contribution in [2.75, 3.05) is 19.0 Å². The van der Waals surface area contributed by atoms with Crippen molar-refractivity contribution in [2.24, 2.45) is 17.6 Å². The molecule has 15 nitrogen and oxygen atoms in total. The number of hydrogen-bond acceptors (Lipinski definition) is 10. The minimum Gasteiger partial charge on any atom is -0.489 e. The summed E-state index contributed by atoms with van der Waals surface area (Å²) in [4.78, 5) is 76.9. The average Bonchev–Trinajstić information content (AvgIpc) is 3.55. The molecule has 0 radical (unpaired) electrons. The first kappa shape index (κ1) is 43.3. The minimum atomic E-state index is -0.899. The van der Waals surface area contributed by atoms with Crippen LogP contribution in [0.3, 0.4) is 0 Å². The van der Waals surface area contributed by atoms with Crippen LogP contribution in [-0.2, 0) is 37.0 Å². The van der Waals surface area contributed by atoms with Gasteiger partial charge in [0.25, 0.3) is 0 Å². The maximum Gasteiger partial charge on any atom is 0.419 e. The van der Waals surface area contributed by atoms with Gasteiger partial charge in [0.05, 0.1) is 18.7 Å². The second-order valence-electron chi connectivity index (χ2n) is 14.8. The number of anilines is 1. The molecule has 4 amide bonds. The van der Waals surface area contributed by atoms with E-state index in [2.05, 4.69) is 16.0 Å². The Morgan fingerprint density at radius 2 is 1.54 bits per heavy atom. The lowest BCUT2D eigenvalue weighted by Crippen LogP contribution is -2.47. The summed E-state index contributed by atoms with van der Waals surface area (Å²) in [5.74, 6) is -2.12. The fraction of sp³-hybridized carbons (Fsp3) is 0.381. The van der Waals surface area contributed by atoms with Gasteiger partial charge < -0.3 is 40.6 Å². The number of fused-ring (bicyclic) bond motifs is 1. The van der Waals surface area contributed by atoms with Crippen LogP contribution in [-0.4, -0.2) is 65.7 Å². The fourth-order valence-corrected chi connectivity index (χ4v) is 5.91. The van der Waals surface area contributed by atoms with Crippen LogP contribution in [0.25, 0.3) is 10.9 Å². The van der Waals surface area contributed by atoms with Crippen LogP contribution < -0.4 is 26.4 Å². The standard InChI is InChI=1S/C42H51N5O10/c1-26(2)36(46-40(52)57-42(3,4)5)35(48)22-30(13-10-20-44-39(43)51)37(49)45-31-17-14-28(15-18-31)25-56-41(53)47-33-23-32(55-24-27-11-8-7-9-12-27)19-16-29(33)21-34(47)38(50)54-6/h7-9,11-12,14-19,21,23,26,30,36H,10,13,20,22,24-25H2,1-6H3,(H,45,49)(H,46,52)(H3,43,44,51)/t30-,36+/m1/s1. The molecule has 0 aliphatic rings. The molecule has 4 rings (SSSR count). The first-order chi connectivity index (χ1) is 27.0. The number of benzene rings is 3. The van der Waals surface area contributed by atoms with Gasteiger partial charge in [-0.2, -0.15) is 0 Å². The average molecular weight is 786 g/mol. The maximum atomic E-state index is 13.6. The van der Waals surface area contributed by atoms with Crippen LogP contribution in [0.15, 0.2) is 78.9 Å². The van der Waals surface area contributed by atoms with E-state index >= 15 is 0 Å². The molecule has 0 spiro atoms. The number of nitrogens with one attached hydrogen (secondary N) is 3. The Morgan fingerprint density at radius 1 is 0.860 bits per heavy atom. The molecule has 0 aliphatic carbocycles. The molecule has 0 saturated heterocycles. The zero-order valence-electron chi connectivity index (χ0n) is 33.1. The van der Waals surface area contributed by atoms with Crippen LogP contribution in [0, 0.1) is 11.8 Å². The number of carbonyl (C=O) groups excluding carboxylic acids is 6. The van der Waals surface area contributed by atoms with E-state index in [-0.39, 0.29) is 43.4 Å². The number of carbonyl (C=O) groups is 6. The van der Waals surface area contributed by atoms with Crippen molar-refractivity contribution in [1.29, 1.82) is 0 Å². The molecule has 0 aliphatic heterocycles. The number of alkyl carbamates (subject to hydrolysis) is 1. The van der Waals surface area contributed by atoms with Gasteiger partial charge in [-0.1, -0.05) is 56.3 Å². The van der Waals surface area contributed by atoms with E-state index < -0.39 is 47.7 Å². The summed E-state index contributed by atoms with van der Waals surface area (Å²) in [6, 6.07) is 21.2. The van der Waals surface area contributed by atoms with Crippen LogP contribution in [0.5, 0.6) is 5.75 Å². The SMILES string of the molecule is COC(=O)c1cc2ccc(OCc3ccccc3)cc2n1C(=O)OCc1ccc(NC(=O)[C@H](CCCNC(N)=O)CC(=O)[C@@H](NC(=O)OC(C)(C)C)C(C)C)cc1. The molecule has 0 bridgehead atoms. The molecule has 2 atom stereocenters. The quantitative estimate of drug-likeness (QED) is 0.0506. The predicted molar refractivity (Wildman–Crippen MR) is 213 cm³/mol. The number of rotatable bonds is 17. The Kier molecular flexibility index (Phi) is 15.2. The van der Waals surface area contributed by atoms with Gasteiger partial charge >= 0.3 is 24.2 Å². The second kappa shape index (κ2) is 20.0. The van der Waals surface area contributed by atoms with E-state index in [1.54, 1.807) is 77.1 Å². The molecule has 304 valence electrons. The number of methoxy groups -OCH3 is 1. The first-order valence-electron chi connectivity index (χ1n) is 18.6. The van der Waals surface area contributed by atoms with E-state index in [4.69, 9.17) is 24.7 Å². The lowest BCUT2D eigenvalue weighted by Gasteiger charge is -2.26. The third-order valence-corrected chi connectivity index (χ3v) is 8.72. The van der Waals surface area contributed by atoms with Crippen LogP contribution in [0.4, 0.5) is 20.1 Å². The van der Waals surface area contributed by atoms with E-state index in [0.717, 1.165) is 10.1 Å². The number of primary amides is 1. The van der Waals surface area contributed by atoms with Crippen molar-refractivity contribution < 1.29 is 47.7 Å². The Labute approximate surface area is 331 Å². The highest BCUT2D eigenvalue weighted by Crippen LogP contribution is 2.27. The van der Waals surface area contributed by atoms with Crippen molar-refractivity contribution >= 4 is 52.5 Å². The minimum absolute atomic E-state index is 0.0189. The molecule has 3 aromatic carbocycles. The molecule has 4 aromatic rings. The third kappa shape index (κ3) is 13.1. The number of amides is 4. The van der Waals surface area contributed by atoms with Gasteiger partial charge in [0.1, 0.15) is 30.3 Å². The zero-order valence-corrected chi connectivity index (χ0v) is 33.1. The number of nitrogens with two attached hydrogens (primary N) is 1. The van der Waals surface area contributed by atoms with Gasteiger partial charge in [-0.05, 0) is 81.0 Å². The number of urea groups is 1. The molecule has 5 N–H and O–H groups in total. The highest BCUT2D eigenvalue weighted by atomic mass is 16.6. The monoisotopic (exact) mass is 785 g/mol. The topological polar surface area (TPSA) is 206 Å². The summed E-state index contributed by atoms with van der Waals surface area (Å²) >= 11 is 0. The Hall–Kier alpha value is -6.38. The number of esters is 1. The molecule has 0 unspecified atom stereocenters. The number of hydrogen-bond donors (Lipinski definition) is 4. The molecular formula is C42H51N5O10. The van der Waals surface area contributed by atoms with Crippen molar-refractivity contribution in [3.63, 3.8) is 0 Å². The summed E-state index contributed by atoms with van der Waals surface area (Å²) in [5, 5.41) is 8.55. The Balaban J connectivity index is 1.43. The fourth-order valence-electron chi connectivity index (χ4n) is 5.91. The second-order valence-corrected chi connectivity index (χ2v) is 14.8. The van der Waals surface area contributed by atoms with E-state index in [1.807, 2.05) is 30.3 Å². The molecule has 0 saturated carbocycles. The molecule has 1 heterocycles. The van der Waals surface area contributed by atoms with E-state index in [0.29, 0.717) is 40.9 Å². The van der Waals surface area contributed by atoms with E-state index in [9.17, 15) is 28.8 Å². The highest BCUT2D eigenvalue weighted by Gasteiger charge is 2.31. The summed E-state index contributed by atoms with van der Waals surface area (Å²) < 4.78 is 23.0. The smallest absolute Gasteiger partial charge is 0.419 e. The lowest BCUT2D eigenvalue weighted by atomic mass is 9.89. The van der Waals surface area contributed by atoms with Crippen molar-refractivity contribution in [3.8, 4) is 5.75 Å². The van der Waals surface area contributed by atoms with Gasteiger partial charge in [0.2, 0.25) is 5.91 Å². The molecule has 57 heavy (non-hydrogen) atoms. The Bertz CT molecular complexity index is 2040. The molecule has 0 fully saturated rings. The highest BCUT2D eigenvalue weighted by molar-refractivity contribution is 6.02. The van der Waals surface area contributed by atoms with Crippen molar-refractivity contribution in [1.82, 2.24) is 15.2 Å². The van der Waals surface area contributed by atoms with Gasteiger partial charge in [-0.3, -0.25) is 9.59 Å². The van der Waals surface area contributed by atoms with Crippen molar-refractivity contribution in [3.05, 3.63) is 95.7 Å². The van der Waals surface area contributed by atoms with Gasteiger partial charge in [0.15, 0.2) is 5.78 Å². The largest absolute Gasteiger partial charge is 0.489 e. The number of Topliss-reactive ketones (excluding diaryl/α,β-unsaturated/α-hetero) is 1. The van der Waals surface area contributed by atoms with Crippen molar-refractivity contribution in [2.45, 2.75) is 78.7 Å². The first-order valence-corrected chi connectivity index (χ1v) is 18.6. The predicted octanol–water partition coefficient (Wildman–Crippen LogP) is 6.70. The summed E-state index contributed by atoms with van der Waals surface area (Å²) in [5.41, 5.74) is 6.75. The normalized spacial score (nSPS) is 12.3. The van der Waals surface area contributed by atoms with Gasteiger partial charge in [0, 0.05) is 36.0 Å². The molecular weight excluding hydrogens is 734 g/mol. The summed E-state index contributed by atoms with van der Waals surface area (Å²) in [6.07, 6.45) is -1.14. The third-order valence-electron chi connectivity index (χ3n) is 8.72. The number of ketones is 1. The van der Waals surface area contributed by atoms with E-state index in [1.165, 1.54) is 13.2 Å². The number of aromatic nitrogens is 1. The van der Waals surface area contributed by atoms with Crippen LogP contribution >= 0.6 is 0 Å². The number of ether oxygens (including phenoxy) is 4. The number of nitrogens with zero attached hydrogens (tertiary/aromatic N) is 1. The molecule has 1 aromatic heterocycles. The summed E-state index contributed by atoms with van der Waals surface area (Å²) in [7, 11) is 1.22. The lowest BCUT2D eigenvalue weighted by molar-refractivity contribution is -0.128. The van der Waals surface area contributed by atoms with Crippen LogP contribution in [0.2, 0.25) is 0 Å². The van der Waals surface area contributed by atoms with Gasteiger partial charge in [-0.15, -0.1) is 0 Å². The maximum absolute atomic E-state index is 13.6.